The van der Waals surface area contributed by atoms with Gasteiger partial charge in [0.25, 0.3) is 5.89 Å². The maximum atomic E-state index is 14.0. The highest BCUT2D eigenvalue weighted by molar-refractivity contribution is 5.71. The lowest BCUT2D eigenvalue weighted by atomic mass is 9.93. The number of rotatable bonds is 4. The number of aliphatic hydroxyl groups is 1. The van der Waals surface area contributed by atoms with Crippen LogP contribution in [0.4, 0.5) is 18.0 Å². The summed E-state index contributed by atoms with van der Waals surface area (Å²) < 4.78 is 57.9. The molecule has 0 aliphatic carbocycles. The maximum Gasteiger partial charge on any atom is 0.422 e. The quantitative estimate of drug-likeness (QED) is 0.334. The summed E-state index contributed by atoms with van der Waals surface area (Å²) >= 11 is 0. The number of carboxylic acid groups (broad SMARTS) is 1. The topological polar surface area (TPSA) is 135 Å². The lowest BCUT2D eigenvalue weighted by Gasteiger charge is -2.43. The molecule has 1 aliphatic heterocycles. The second kappa shape index (κ2) is 9.42. The third-order valence-corrected chi connectivity index (χ3v) is 6.27. The minimum Gasteiger partial charge on any atom is -0.491 e. The van der Waals surface area contributed by atoms with Crippen LogP contribution in [-0.2, 0) is 6.18 Å². The number of ether oxygens (including phenoxy) is 1. The third kappa shape index (κ3) is 4.80. The van der Waals surface area contributed by atoms with Crippen LogP contribution < -0.4 is 4.74 Å². The number of nitrogens with zero attached hydrogens (tertiary/aromatic N) is 4. The molecule has 2 atom stereocenters. The van der Waals surface area contributed by atoms with E-state index in [2.05, 4.69) is 15.3 Å². The van der Waals surface area contributed by atoms with E-state index < -0.39 is 52.9 Å². The van der Waals surface area contributed by atoms with Crippen molar-refractivity contribution in [3.63, 3.8) is 0 Å². The van der Waals surface area contributed by atoms with Crippen LogP contribution in [0.3, 0.4) is 0 Å². The molecular weight excluding hydrogens is 521 g/mol. The van der Waals surface area contributed by atoms with Gasteiger partial charge in [-0.2, -0.15) is 18.2 Å². The van der Waals surface area contributed by atoms with Crippen molar-refractivity contribution in [2.24, 2.45) is 0 Å². The van der Waals surface area contributed by atoms with Crippen LogP contribution in [0.25, 0.3) is 34.3 Å². The zero-order valence-electron chi connectivity index (χ0n) is 20.9. The summed E-state index contributed by atoms with van der Waals surface area (Å²) in [6.07, 6.45) is -7.20. The SMILES string of the molecule is CC(C)(C)N(C(=O)O)[C@H]1COc2cc(-c3noc(-c4onc(-c5ccccc5)c4C(F)(F)F)n3)ccc2[C@H]1O. The Morgan fingerprint density at radius 1 is 1.03 bits per heavy atom. The first-order chi connectivity index (χ1) is 18.4. The smallest absolute Gasteiger partial charge is 0.422 e. The van der Waals surface area contributed by atoms with Gasteiger partial charge in [0.15, 0.2) is 0 Å². The number of carbonyl (C=O) groups is 1. The summed E-state index contributed by atoms with van der Waals surface area (Å²) in [6.45, 7) is 5.01. The van der Waals surface area contributed by atoms with E-state index in [0.717, 1.165) is 4.90 Å². The van der Waals surface area contributed by atoms with E-state index in [1.807, 2.05) is 0 Å². The molecule has 204 valence electrons. The number of aliphatic hydroxyl groups excluding tert-OH is 1. The van der Waals surface area contributed by atoms with Gasteiger partial charge in [0.1, 0.15) is 29.7 Å². The highest BCUT2D eigenvalue weighted by atomic mass is 19.4. The number of hydrogen-bond donors (Lipinski definition) is 2. The fourth-order valence-corrected chi connectivity index (χ4v) is 4.58. The van der Waals surface area contributed by atoms with E-state index in [9.17, 15) is 28.2 Å². The molecule has 3 heterocycles. The van der Waals surface area contributed by atoms with Crippen molar-refractivity contribution < 1.29 is 42.0 Å². The predicted molar refractivity (Wildman–Crippen MR) is 130 cm³/mol. The highest BCUT2D eigenvalue weighted by Gasteiger charge is 2.43. The zero-order valence-corrected chi connectivity index (χ0v) is 20.9. The highest BCUT2D eigenvalue weighted by Crippen LogP contribution is 2.43. The van der Waals surface area contributed by atoms with Crippen molar-refractivity contribution in [1.29, 1.82) is 0 Å². The average molecular weight is 544 g/mol. The van der Waals surface area contributed by atoms with Crippen LogP contribution in [-0.4, -0.2) is 54.7 Å². The van der Waals surface area contributed by atoms with Crippen LogP contribution in [0.15, 0.2) is 57.6 Å². The van der Waals surface area contributed by atoms with Gasteiger partial charge in [-0.25, -0.2) is 4.79 Å². The van der Waals surface area contributed by atoms with Crippen molar-refractivity contribution in [3.05, 3.63) is 59.7 Å². The minimum atomic E-state index is -4.82. The van der Waals surface area contributed by atoms with Crippen molar-refractivity contribution in [3.8, 4) is 40.0 Å². The summed E-state index contributed by atoms with van der Waals surface area (Å²) in [6, 6.07) is 11.4. The number of alkyl halides is 3. The molecule has 0 bridgehead atoms. The van der Waals surface area contributed by atoms with Crippen LogP contribution in [0.5, 0.6) is 5.75 Å². The fourth-order valence-electron chi connectivity index (χ4n) is 4.58. The molecule has 2 aromatic heterocycles. The maximum absolute atomic E-state index is 14.0. The Morgan fingerprint density at radius 2 is 1.74 bits per heavy atom. The first-order valence-corrected chi connectivity index (χ1v) is 11.8. The van der Waals surface area contributed by atoms with Gasteiger partial charge in [0.2, 0.25) is 11.6 Å². The Bertz CT molecular complexity index is 1510. The molecule has 0 radical (unpaired) electrons. The van der Waals surface area contributed by atoms with E-state index in [1.54, 1.807) is 39.0 Å². The summed E-state index contributed by atoms with van der Waals surface area (Å²) in [5.74, 6) is -1.04. The lowest BCUT2D eigenvalue weighted by molar-refractivity contribution is -0.137. The van der Waals surface area contributed by atoms with E-state index in [0.29, 0.717) is 11.1 Å². The third-order valence-electron chi connectivity index (χ3n) is 6.27. The van der Waals surface area contributed by atoms with Crippen molar-refractivity contribution >= 4 is 6.09 Å². The van der Waals surface area contributed by atoms with Gasteiger partial charge in [0, 0.05) is 22.2 Å². The Labute approximate surface area is 219 Å². The van der Waals surface area contributed by atoms with E-state index in [1.165, 1.54) is 30.3 Å². The Hall–Kier alpha value is -4.39. The van der Waals surface area contributed by atoms with Crippen molar-refractivity contribution in [2.75, 3.05) is 6.61 Å². The first kappa shape index (κ1) is 26.2. The van der Waals surface area contributed by atoms with Crippen LogP contribution in [0, 0.1) is 0 Å². The lowest BCUT2D eigenvalue weighted by Crippen LogP contribution is -2.56. The fraction of sp³-hybridized carbons (Fsp3) is 0.308. The number of fused-ring (bicyclic) bond motifs is 1. The van der Waals surface area contributed by atoms with Crippen LogP contribution in [0.2, 0.25) is 0 Å². The standard InChI is InChI=1S/C26H23F3N4O6/c1-25(2,3)33(24(35)36)16-12-37-17-11-14(9-10-15(17)20(16)34)22-30-23(39-32-22)21-18(26(27,28)29)19(31-38-21)13-7-5-4-6-8-13/h4-11,16,20,34H,12H2,1-3H3,(H,35,36)/t16-,20+/m0/s1. The number of amides is 1. The van der Waals surface area contributed by atoms with Crippen molar-refractivity contribution in [2.45, 2.75) is 44.6 Å². The Kier molecular flexibility index (Phi) is 6.33. The molecule has 13 heteroatoms. The summed E-state index contributed by atoms with van der Waals surface area (Å²) in [7, 11) is 0. The molecule has 39 heavy (non-hydrogen) atoms. The van der Waals surface area contributed by atoms with Gasteiger partial charge in [-0.15, -0.1) is 0 Å². The zero-order chi connectivity index (χ0) is 28.1. The van der Waals surface area contributed by atoms with Gasteiger partial charge >= 0.3 is 12.3 Å². The monoisotopic (exact) mass is 544 g/mol. The molecule has 0 saturated heterocycles. The average Bonchev–Trinajstić information content (AvgIpc) is 3.52. The summed E-state index contributed by atoms with van der Waals surface area (Å²) in [5.41, 5.74) is -1.47. The minimum absolute atomic E-state index is 0.0550. The molecule has 2 aromatic carbocycles. The second-order valence-electron chi connectivity index (χ2n) is 9.92. The van der Waals surface area contributed by atoms with Crippen molar-refractivity contribution in [1.82, 2.24) is 20.2 Å². The molecule has 2 N–H and O–H groups in total. The van der Waals surface area contributed by atoms with E-state index in [-0.39, 0.29) is 23.7 Å². The molecule has 0 unspecified atom stereocenters. The van der Waals surface area contributed by atoms with E-state index >= 15 is 0 Å². The number of benzene rings is 2. The van der Waals surface area contributed by atoms with Crippen LogP contribution >= 0.6 is 0 Å². The summed E-state index contributed by atoms with van der Waals surface area (Å²) in [4.78, 5) is 17.1. The summed E-state index contributed by atoms with van der Waals surface area (Å²) in [5, 5.41) is 28.1. The molecule has 0 fully saturated rings. The van der Waals surface area contributed by atoms with E-state index in [4.69, 9.17) is 13.8 Å². The normalized spacial score (nSPS) is 17.4. The molecule has 1 amide bonds. The molecule has 0 spiro atoms. The van der Waals surface area contributed by atoms with Gasteiger partial charge in [-0.3, -0.25) is 4.90 Å². The Morgan fingerprint density at radius 3 is 2.38 bits per heavy atom. The molecule has 1 aliphatic rings. The predicted octanol–water partition coefficient (Wildman–Crippen LogP) is 5.65. The van der Waals surface area contributed by atoms with Gasteiger partial charge in [0.05, 0.1) is 6.04 Å². The Balaban J connectivity index is 1.47. The molecular formula is C26H23F3N4O6. The number of halogens is 3. The number of hydrogen-bond acceptors (Lipinski definition) is 8. The van der Waals surface area contributed by atoms with Gasteiger partial charge in [-0.1, -0.05) is 52.8 Å². The van der Waals surface area contributed by atoms with Gasteiger partial charge in [-0.05, 0) is 26.8 Å². The second-order valence-corrected chi connectivity index (χ2v) is 9.92. The molecule has 4 aromatic rings. The van der Waals surface area contributed by atoms with Crippen LogP contribution in [0.1, 0.15) is 38.0 Å². The first-order valence-electron chi connectivity index (χ1n) is 11.8. The number of aromatic nitrogens is 3. The molecule has 10 nitrogen and oxygen atoms in total. The molecule has 0 saturated carbocycles. The van der Waals surface area contributed by atoms with Gasteiger partial charge < -0.3 is 24.0 Å². The molecule has 5 rings (SSSR count). The largest absolute Gasteiger partial charge is 0.491 e.